The highest BCUT2D eigenvalue weighted by Crippen LogP contribution is 2.19. The van der Waals surface area contributed by atoms with Crippen LogP contribution in [-0.2, 0) is 11.3 Å². The maximum atomic E-state index is 12.5. The van der Waals surface area contributed by atoms with Crippen LogP contribution >= 0.6 is 0 Å². The van der Waals surface area contributed by atoms with Crippen molar-refractivity contribution < 1.29 is 14.6 Å². The normalized spacial score (nSPS) is 23.6. The minimum absolute atomic E-state index is 0.00736. The number of β-amino-alcohol motifs (C(OH)–C–C–N with tert-alkyl or cyclic N) is 1. The van der Waals surface area contributed by atoms with Gasteiger partial charge in [0.25, 0.3) is 5.91 Å². The summed E-state index contributed by atoms with van der Waals surface area (Å²) in [6, 6.07) is 3.69. The highest BCUT2D eigenvalue weighted by molar-refractivity contribution is 5.92. The Bertz CT molecular complexity index is 430. The second-order valence-electron chi connectivity index (χ2n) is 5.16. The summed E-state index contributed by atoms with van der Waals surface area (Å²) in [4.78, 5) is 14.2. The molecule has 0 aliphatic carbocycles. The molecule has 2 atom stereocenters. The first-order chi connectivity index (χ1) is 9.13. The van der Waals surface area contributed by atoms with Crippen molar-refractivity contribution in [3.05, 3.63) is 24.0 Å². The molecule has 5 heteroatoms. The number of aliphatic hydroxyl groups is 1. The van der Waals surface area contributed by atoms with Crippen LogP contribution in [0.15, 0.2) is 18.3 Å². The number of hydrogen-bond donors (Lipinski definition) is 1. The van der Waals surface area contributed by atoms with Gasteiger partial charge in [-0.25, -0.2) is 0 Å². The Morgan fingerprint density at radius 1 is 1.58 bits per heavy atom. The molecule has 106 valence electrons. The van der Waals surface area contributed by atoms with Gasteiger partial charge in [-0.3, -0.25) is 4.79 Å². The van der Waals surface area contributed by atoms with Gasteiger partial charge in [0.05, 0.1) is 12.7 Å². The molecule has 1 fully saturated rings. The lowest BCUT2D eigenvalue weighted by atomic mass is 9.96. The zero-order valence-corrected chi connectivity index (χ0v) is 11.6. The lowest BCUT2D eigenvalue weighted by Gasteiger charge is -2.34. The van der Waals surface area contributed by atoms with Crippen LogP contribution in [0.1, 0.15) is 23.8 Å². The maximum absolute atomic E-state index is 12.5. The van der Waals surface area contributed by atoms with Crippen molar-refractivity contribution in [3.8, 4) is 0 Å². The maximum Gasteiger partial charge on any atom is 0.270 e. The first kappa shape index (κ1) is 14.1. The smallest absolute Gasteiger partial charge is 0.270 e. The molecule has 2 heterocycles. The quantitative estimate of drug-likeness (QED) is 0.884. The number of amides is 1. The Morgan fingerprint density at radius 3 is 3.05 bits per heavy atom. The van der Waals surface area contributed by atoms with Gasteiger partial charge in [-0.2, -0.15) is 0 Å². The van der Waals surface area contributed by atoms with E-state index in [9.17, 15) is 9.90 Å². The summed E-state index contributed by atoms with van der Waals surface area (Å²) in [6.07, 6.45) is 2.32. The van der Waals surface area contributed by atoms with Gasteiger partial charge < -0.3 is 19.3 Å². The molecule has 1 aromatic rings. The minimum Gasteiger partial charge on any atom is -0.391 e. The predicted molar refractivity (Wildman–Crippen MR) is 72.0 cm³/mol. The molecule has 1 saturated heterocycles. The van der Waals surface area contributed by atoms with Crippen LogP contribution in [0, 0.1) is 5.92 Å². The van der Waals surface area contributed by atoms with E-state index < -0.39 is 6.10 Å². The molecular weight excluding hydrogens is 244 g/mol. The van der Waals surface area contributed by atoms with Crippen LogP contribution in [0.4, 0.5) is 0 Å². The van der Waals surface area contributed by atoms with E-state index in [0.717, 1.165) is 6.42 Å². The zero-order chi connectivity index (χ0) is 13.8. The van der Waals surface area contributed by atoms with Crippen LogP contribution in [-0.4, -0.2) is 53.4 Å². The third-order valence-electron chi connectivity index (χ3n) is 3.79. The first-order valence-electron chi connectivity index (χ1n) is 6.75. The molecular formula is C14H22N2O3. The number of nitrogens with zero attached hydrogens (tertiary/aromatic N) is 2. The molecule has 0 spiro atoms. The van der Waals surface area contributed by atoms with Crippen molar-refractivity contribution in [1.29, 1.82) is 0 Å². The SMILES string of the molecule is COCCn1cccc1C(=O)N1CCC(C)C(O)C1. The fourth-order valence-electron chi connectivity index (χ4n) is 2.39. The van der Waals surface area contributed by atoms with Gasteiger partial charge in [-0.15, -0.1) is 0 Å². The van der Waals surface area contributed by atoms with E-state index in [2.05, 4.69) is 0 Å². The summed E-state index contributed by atoms with van der Waals surface area (Å²) in [5.74, 6) is 0.261. The molecule has 1 aromatic heterocycles. The fourth-order valence-corrected chi connectivity index (χ4v) is 2.39. The average Bonchev–Trinajstić information content (AvgIpc) is 2.87. The van der Waals surface area contributed by atoms with E-state index in [4.69, 9.17) is 4.74 Å². The molecule has 0 aromatic carbocycles. The van der Waals surface area contributed by atoms with Gasteiger partial charge in [0.1, 0.15) is 5.69 Å². The third-order valence-corrected chi connectivity index (χ3v) is 3.79. The first-order valence-corrected chi connectivity index (χ1v) is 6.75. The minimum atomic E-state index is -0.417. The van der Waals surface area contributed by atoms with Crippen LogP contribution in [0.2, 0.25) is 0 Å². The molecule has 1 aliphatic rings. The summed E-state index contributed by atoms with van der Waals surface area (Å²) in [5.41, 5.74) is 0.666. The Kier molecular flexibility index (Phi) is 4.61. The van der Waals surface area contributed by atoms with Crippen LogP contribution in [0.5, 0.6) is 0 Å². The lowest BCUT2D eigenvalue weighted by molar-refractivity contribution is 0.0241. The molecule has 0 bridgehead atoms. The summed E-state index contributed by atoms with van der Waals surface area (Å²) < 4.78 is 6.94. The van der Waals surface area contributed by atoms with Crippen molar-refractivity contribution in [2.45, 2.75) is 26.0 Å². The van der Waals surface area contributed by atoms with Gasteiger partial charge in [0.2, 0.25) is 0 Å². The molecule has 2 rings (SSSR count). The molecule has 2 unspecified atom stereocenters. The number of methoxy groups -OCH3 is 1. The Morgan fingerprint density at radius 2 is 2.37 bits per heavy atom. The number of rotatable bonds is 4. The number of piperidine rings is 1. The summed E-state index contributed by atoms with van der Waals surface area (Å²) in [5, 5.41) is 9.88. The van der Waals surface area contributed by atoms with Crippen molar-refractivity contribution >= 4 is 5.91 Å². The molecule has 19 heavy (non-hydrogen) atoms. The molecule has 0 radical (unpaired) electrons. The van der Waals surface area contributed by atoms with Gasteiger partial charge in [0.15, 0.2) is 0 Å². The molecule has 1 N–H and O–H groups in total. The van der Waals surface area contributed by atoms with Crippen molar-refractivity contribution in [3.63, 3.8) is 0 Å². The van der Waals surface area contributed by atoms with E-state index in [0.29, 0.717) is 31.9 Å². The summed E-state index contributed by atoms with van der Waals surface area (Å²) in [6.45, 7) is 4.40. The summed E-state index contributed by atoms with van der Waals surface area (Å²) >= 11 is 0. The van der Waals surface area contributed by atoms with Gasteiger partial charge in [-0.1, -0.05) is 6.92 Å². The lowest BCUT2D eigenvalue weighted by Crippen LogP contribution is -2.46. The third kappa shape index (κ3) is 3.16. The van der Waals surface area contributed by atoms with Crippen molar-refractivity contribution in [2.24, 2.45) is 5.92 Å². The number of hydrogen-bond acceptors (Lipinski definition) is 3. The van der Waals surface area contributed by atoms with E-state index >= 15 is 0 Å². The predicted octanol–water partition coefficient (Wildman–Crippen LogP) is 0.977. The highest BCUT2D eigenvalue weighted by atomic mass is 16.5. The largest absolute Gasteiger partial charge is 0.391 e. The van der Waals surface area contributed by atoms with Crippen LogP contribution < -0.4 is 0 Å². The number of likely N-dealkylation sites (tertiary alicyclic amines) is 1. The van der Waals surface area contributed by atoms with Crippen LogP contribution in [0.3, 0.4) is 0 Å². The summed E-state index contributed by atoms with van der Waals surface area (Å²) in [7, 11) is 1.65. The number of ether oxygens (including phenoxy) is 1. The second-order valence-corrected chi connectivity index (χ2v) is 5.16. The van der Waals surface area contributed by atoms with E-state index in [1.165, 1.54) is 0 Å². The molecule has 5 nitrogen and oxygen atoms in total. The Hall–Kier alpha value is -1.33. The Balaban J connectivity index is 2.05. The molecule has 1 amide bonds. The molecule has 1 aliphatic heterocycles. The van der Waals surface area contributed by atoms with Crippen molar-refractivity contribution in [1.82, 2.24) is 9.47 Å². The van der Waals surface area contributed by atoms with Gasteiger partial charge >= 0.3 is 0 Å². The van der Waals surface area contributed by atoms with Crippen LogP contribution in [0.25, 0.3) is 0 Å². The number of carbonyl (C=O) groups excluding carboxylic acids is 1. The number of carbonyl (C=O) groups is 1. The van der Waals surface area contributed by atoms with Crippen molar-refractivity contribution in [2.75, 3.05) is 26.8 Å². The second kappa shape index (κ2) is 6.21. The number of aromatic nitrogens is 1. The average molecular weight is 266 g/mol. The van der Waals surface area contributed by atoms with E-state index in [-0.39, 0.29) is 11.8 Å². The zero-order valence-electron chi connectivity index (χ0n) is 11.6. The standard InChI is InChI=1S/C14H22N2O3/c1-11-5-7-16(10-13(11)17)14(18)12-4-3-6-15(12)8-9-19-2/h3-4,6,11,13,17H,5,7-10H2,1-2H3. The monoisotopic (exact) mass is 266 g/mol. The fraction of sp³-hybridized carbons (Fsp3) is 0.643. The Labute approximate surface area is 113 Å². The molecule has 0 saturated carbocycles. The van der Waals surface area contributed by atoms with Gasteiger partial charge in [0, 0.05) is 32.9 Å². The van der Waals surface area contributed by atoms with E-state index in [1.54, 1.807) is 12.0 Å². The topological polar surface area (TPSA) is 54.7 Å². The van der Waals surface area contributed by atoms with E-state index in [1.807, 2.05) is 29.8 Å². The number of aliphatic hydroxyl groups excluding tert-OH is 1. The van der Waals surface area contributed by atoms with Gasteiger partial charge in [-0.05, 0) is 24.5 Å². The highest BCUT2D eigenvalue weighted by Gasteiger charge is 2.28.